The van der Waals surface area contributed by atoms with Gasteiger partial charge >= 0.3 is 6.18 Å². The van der Waals surface area contributed by atoms with Crippen molar-refractivity contribution in [2.24, 2.45) is 0 Å². The van der Waals surface area contributed by atoms with Crippen LogP contribution >= 0.6 is 11.6 Å². The summed E-state index contributed by atoms with van der Waals surface area (Å²) in [4.78, 5) is 25.1. The van der Waals surface area contributed by atoms with E-state index < -0.39 is 35.9 Å². The van der Waals surface area contributed by atoms with Gasteiger partial charge in [0.25, 0.3) is 11.6 Å². The van der Waals surface area contributed by atoms with E-state index in [1.165, 1.54) is 0 Å². The number of carbonyl (C=O) groups excluding carboxylic acids is 1. The highest BCUT2D eigenvalue weighted by Gasteiger charge is 2.27. The molecule has 1 rings (SSSR count). The minimum atomic E-state index is -4.46. The number of rotatable bonds is 6. The monoisotopic (exact) mass is 327 g/mol. The maximum Gasteiger partial charge on any atom is 0.411 e. The highest BCUT2D eigenvalue weighted by atomic mass is 35.5. The van der Waals surface area contributed by atoms with Crippen LogP contribution in [0.25, 0.3) is 0 Å². The summed E-state index contributed by atoms with van der Waals surface area (Å²) in [6, 6.07) is 0.992. The molecule has 0 spiro atoms. The van der Waals surface area contributed by atoms with Crippen LogP contribution in [0.15, 0.2) is 12.3 Å². The number of aromatic nitrogens is 1. The van der Waals surface area contributed by atoms with Gasteiger partial charge in [-0.3, -0.25) is 14.9 Å². The molecule has 0 fully saturated rings. The summed E-state index contributed by atoms with van der Waals surface area (Å²) in [6.07, 6.45) is -3.64. The lowest BCUT2D eigenvalue weighted by atomic mass is 10.2. The normalized spacial score (nSPS) is 11.2. The standard InChI is InChI=1S/C10H9ClF3N3O4/c11-8-3-6(7(4-16-8)17(19)20)9(18)15-1-2-21-5-10(12,13)14/h3-4H,1-2,5H2,(H,15,18). The second kappa shape index (κ2) is 7.18. The third-order valence-electron chi connectivity index (χ3n) is 2.09. The molecular weight excluding hydrogens is 319 g/mol. The number of nitro groups is 1. The summed E-state index contributed by atoms with van der Waals surface area (Å²) in [6.45, 7) is -2.08. The summed E-state index contributed by atoms with van der Waals surface area (Å²) in [7, 11) is 0. The number of hydrogen-bond acceptors (Lipinski definition) is 5. The average Bonchev–Trinajstić information content (AvgIpc) is 2.36. The molecule has 0 unspecified atom stereocenters. The van der Waals surface area contributed by atoms with E-state index in [0.29, 0.717) is 0 Å². The molecule has 0 atom stereocenters. The van der Waals surface area contributed by atoms with E-state index in [4.69, 9.17) is 11.6 Å². The Kier molecular flexibility index (Phi) is 5.85. The van der Waals surface area contributed by atoms with Gasteiger partial charge in [0.15, 0.2) is 0 Å². The molecule has 1 aromatic rings. The second-order valence-corrected chi connectivity index (χ2v) is 4.09. The van der Waals surface area contributed by atoms with Crippen molar-refractivity contribution in [2.75, 3.05) is 19.8 Å². The van der Waals surface area contributed by atoms with Crippen molar-refractivity contribution in [3.8, 4) is 0 Å². The minimum Gasteiger partial charge on any atom is -0.370 e. The first kappa shape index (κ1) is 17.1. The van der Waals surface area contributed by atoms with Crippen molar-refractivity contribution in [1.82, 2.24) is 10.3 Å². The zero-order valence-corrected chi connectivity index (χ0v) is 11.1. The van der Waals surface area contributed by atoms with Gasteiger partial charge in [0, 0.05) is 6.54 Å². The number of nitrogens with one attached hydrogen (secondary N) is 1. The largest absolute Gasteiger partial charge is 0.411 e. The number of nitrogens with zero attached hydrogens (tertiary/aromatic N) is 2. The lowest BCUT2D eigenvalue weighted by molar-refractivity contribution is -0.385. The molecule has 1 N–H and O–H groups in total. The summed E-state index contributed by atoms with van der Waals surface area (Å²) in [5, 5.41) is 12.8. The minimum absolute atomic E-state index is 0.126. The fourth-order valence-electron chi connectivity index (χ4n) is 1.27. The SMILES string of the molecule is O=C(NCCOCC(F)(F)F)c1cc(Cl)ncc1[N+](=O)[O-]. The molecule has 0 saturated heterocycles. The Hall–Kier alpha value is -1.94. The molecule has 0 saturated carbocycles. The topological polar surface area (TPSA) is 94.4 Å². The number of halogens is 4. The molecule has 0 aliphatic rings. The Morgan fingerprint density at radius 3 is 2.76 bits per heavy atom. The summed E-state index contributed by atoms with van der Waals surface area (Å²) in [5.74, 6) is -0.860. The van der Waals surface area contributed by atoms with Gasteiger partial charge < -0.3 is 10.1 Å². The van der Waals surface area contributed by atoms with Crippen molar-refractivity contribution < 1.29 is 27.6 Å². The van der Waals surface area contributed by atoms with E-state index in [1.54, 1.807) is 0 Å². The average molecular weight is 328 g/mol. The fraction of sp³-hybridized carbons (Fsp3) is 0.400. The molecule has 0 aliphatic carbocycles. The van der Waals surface area contributed by atoms with Crippen LogP contribution in [0.3, 0.4) is 0 Å². The lowest BCUT2D eigenvalue weighted by Gasteiger charge is -2.08. The summed E-state index contributed by atoms with van der Waals surface area (Å²) in [5.41, 5.74) is -0.899. The first-order chi connectivity index (χ1) is 9.70. The smallest absolute Gasteiger partial charge is 0.370 e. The molecule has 21 heavy (non-hydrogen) atoms. The molecule has 1 heterocycles. The van der Waals surface area contributed by atoms with Crippen molar-refractivity contribution in [2.45, 2.75) is 6.18 Å². The third-order valence-corrected chi connectivity index (χ3v) is 2.30. The molecule has 116 valence electrons. The predicted octanol–water partition coefficient (Wildman–Crippen LogP) is 1.95. The van der Waals surface area contributed by atoms with E-state index in [-0.39, 0.29) is 17.3 Å². The van der Waals surface area contributed by atoms with Crippen LogP contribution in [0, 0.1) is 10.1 Å². The van der Waals surface area contributed by atoms with E-state index >= 15 is 0 Å². The molecule has 1 amide bonds. The highest BCUT2D eigenvalue weighted by Crippen LogP contribution is 2.20. The molecule has 11 heteroatoms. The van der Waals surface area contributed by atoms with Crippen LogP contribution in [-0.4, -0.2) is 41.7 Å². The van der Waals surface area contributed by atoms with Crippen molar-refractivity contribution in [1.29, 1.82) is 0 Å². The van der Waals surface area contributed by atoms with Crippen LogP contribution in [0.4, 0.5) is 18.9 Å². The molecule has 7 nitrogen and oxygen atoms in total. The number of pyridine rings is 1. The fourth-order valence-corrected chi connectivity index (χ4v) is 1.43. The molecule has 0 aliphatic heterocycles. The van der Waals surface area contributed by atoms with E-state index in [1.807, 2.05) is 0 Å². The number of carbonyl (C=O) groups is 1. The number of ether oxygens (including phenoxy) is 1. The Balaban J connectivity index is 2.56. The van der Waals surface area contributed by atoms with Crippen LogP contribution < -0.4 is 5.32 Å². The van der Waals surface area contributed by atoms with Gasteiger partial charge in [-0.05, 0) is 6.07 Å². The summed E-state index contributed by atoms with van der Waals surface area (Å²) >= 11 is 5.54. The quantitative estimate of drug-likeness (QED) is 0.373. The third kappa shape index (κ3) is 5.92. The van der Waals surface area contributed by atoms with Crippen molar-refractivity contribution in [3.05, 3.63) is 33.1 Å². The van der Waals surface area contributed by atoms with Crippen molar-refractivity contribution >= 4 is 23.2 Å². The van der Waals surface area contributed by atoms with Crippen LogP contribution in [0.5, 0.6) is 0 Å². The lowest BCUT2D eigenvalue weighted by Crippen LogP contribution is -2.29. The first-order valence-corrected chi connectivity index (χ1v) is 5.81. The van der Waals surface area contributed by atoms with E-state index in [0.717, 1.165) is 12.3 Å². The van der Waals surface area contributed by atoms with E-state index in [9.17, 15) is 28.1 Å². The van der Waals surface area contributed by atoms with Gasteiger partial charge in [-0.1, -0.05) is 11.6 Å². The molecule has 0 radical (unpaired) electrons. The molecule has 0 aromatic carbocycles. The van der Waals surface area contributed by atoms with Crippen LogP contribution in [0.2, 0.25) is 5.15 Å². The summed E-state index contributed by atoms with van der Waals surface area (Å²) < 4.78 is 39.6. The molecular formula is C10H9ClF3N3O4. The zero-order valence-electron chi connectivity index (χ0n) is 10.3. The zero-order chi connectivity index (χ0) is 16.0. The maximum atomic E-state index is 11.8. The van der Waals surface area contributed by atoms with Gasteiger partial charge in [-0.2, -0.15) is 13.2 Å². The first-order valence-electron chi connectivity index (χ1n) is 5.43. The van der Waals surface area contributed by atoms with Gasteiger partial charge in [-0.15, -0.1) is 0 Å². The number of hydrogen-bond donors (Lipinski definition) is 1. The van der Waals surface area contributed by atoms with Gasteiger partial charge in [0.05, 0.1) is 11.5 Å². The number of amides is 1. The number of alkyl halides is 3. The van der Waals surface area contributed by atoms with Gasteiger partial charge in [0.1, 0.15) is 23.5 Å². The molecule has 1 aromatic heterocycles. The maximum absolute atomic E-state index is 11.8. The second-order valence-electron chi connectivity index (χ2n) is 3.70. The van der Waals surface area contributed by atoms with Gasteiger partial charge in [0.2, 0.25) is 0 Å². The Morgan fingerprint density at radius 1 is 1.52 bits per heavy atom. The van der Waals surface area contributed by atoms with Crippen LogP contribution in [0.1, 0.15) is 10.4 Å². The van der Waals surface area contributed by atoms with Gasteiger partial charge in [-0.25, -0.2) is 4.98 Å². The Bertz CT molecular complexity index is 539. The van der Waals surface area contributed by atoms with E-state index in [2.05, 4.69) is 15.0 Å². The Labute approximate surface area is 121 Å². The van der Waals surface area contributed by atoms with Crippen LogP contribution in [-0.2, 0) is 4.74 Å². The highest BCUT2D eigenvalue weighted by molar-refractivity contribution is 6.29. The van der Waals surface area contributed by atoms with Crippen molar-refractivity contribution in [3.63, 3.8) is 0 Å². The molecule has 0 bridgehead atoms. The Morgan fingerprint density at radius 2 is 2.19 bits per heavy atom. The predicted molar refractivity (Wildman–Crippen MR) is 65.1 cm³/mol.